The number of rotatable bonds is 11. The fraction of sp³-hybridized carbons (Fsp3) is 0.480. The van der Waals surface area contributed by atoms with E-state index in [0.717, 1.165) is 24.3 Å². The molecule has 2 atom stereocenters. The lowest BCUT2D eigenvalue weighted by Crippen LogP contribution is -2.37. The minimum Gasteiger partial charge on any atom is -0.444 e. The average molecular weight is 642 g/mol. The number of alkyl halides is 10. The van der Waals surface area contributed by atoms with Crippen LogP contribution < -0.4 is 20.5 Å². The number of nitrogens with two attached hydrogens (primary N) is 1. The van der Waals surface area contributed by atoms with Crippen LogP contribution in [0.4, 0.5) is 48.7 Å². The molecule has 0 aliphatic carbocycles. The van der Waals surface area contributed by atoms with Gasteiger partial charge in [-0.3, -0.25) is 0 Å². The van der Waals surface area contributed by atoms with Crippen LogP contribution in [0.5, 0.6) is 11.5 Å². The van der Waals surface area contributed by atoms with E-state index in [0.29, 0.717) is 0 Å². The Kier molecular flexibility index (Phi) is 14.3. The van der Waals surface area contributed by atoms with Crippen molar-refractivity contribution in [2.45, 2.75) is 64.4 Å². The van der Waals surface area contributed by atoms with Gasteiger partial charge in [0.05, 0.1) is 25.3 Å². The van der Waals surface area contributed by atoms with Gasteiger partial charge in [-0.2, -0.15) is 17.6 Å². The predicted molar refractivity (Wildman–Crippen MR) is 129 cm³/mol. The highest BCUT2D eigenvalue weighted by Gasteiger charge is 2.32. The van der Waals surface area contributed by atoms with Crippen molar-refractivity contribution in [3.63, 3.8) is 0 Å². The molecule has 8 nitrogen and oxygen atoms in total. The molecule has 3 N–H and O–H groups in total. The van der Waals surface area contributed by atoms with Gasteiger partial charge in [0.2, 0.25) is 0 Å². The summed E-state index contributed by atoms with van der Waals surface area (Å²) >= 11 is 0. The van der Waals surface area contributed by atoms with Crippen LogP contribution in [0.3, 0.4) is 0 Å². The van der Waals surface area contributed by atoms with E-state index in [2.05, 4.69) is 24.3 Å². The number of carbonyl (C=O) groups is 1. The third-order valence-corrected chi connectivity index (χ3v) is 4.50. The van der Waals surface area contributed by atoms with Crippen LogP contribution >= 0.6 is 0 Å². The molecule has 0 saturated carbocycles. The molecule has 0 aromatic heterocycles. The SMILES string of the molecule is CC(C)(C)OC(=O)N[C@@H](COC(F)F)c1cccc(OC(F)(F)F)c1.N[C@@H](COC(F)F)c1cccc(OC(F)(F)F)c1. The zero-order valence-electron chi connectivity index (χ0n) is 22.6. The molecular formula is C25H28F10N2O6. The minimum atomic E-state index is -4.91. The van der Waals surface area contributed by atoms with Gasteiger partial charge in [0.25, 0.3) is 0 Å². The summed E-state index contributed by atoms with van der Waals surface area (Å²) in [6.07, 6.45) is -10.7. The maximum atomic E-state index is 12.3. The van der Waals surface area contributed by atoms with Crippen molar-refractivity contribution in [2.24, 2.45) is 5.73 Å². The molecule has 0 bridgehead atoms. The number of carbonyl (C=O) groups excluding carboxylic acids is 1. The van der Waals surface area contributed by atoms with Crippen LogP contribution in [0.2, 0.25) is 0 Å². The molecule has 0 heterocycles. The summed E-state index contributed by atoms with van der Waals surface area (Å²) in [6.45, 7) is -2.50. The third kappa shape index (κ3) is 17.9. The van der Waals surface area contributed by atoms with E-state index in [1.807, 2.05) is 0 Å². The van der Waals surface area contributed by atoms with Crippen LogP contribution in [0, 0.1) is 0 Å². The standard InChI is InChI=1S/C15H18F5NO4.C10H10F5NO2/c1-14(2,3)25-13(22)21-11(8-23-12(16)17)9-5-4-6-10(7-9)24-15(18,19)20;11-9(12)17-5-8(16)6-2-1-3-7(4-6)18-10(13,14)15/h4-7,11-12H,8H2,1-3H3,(H,21,22);1-4,8-9H,5,16H2/t11-;8-/m00/s1. The average Bonchev–Trinajstić information content (AvgIpc) is 2.82. The second-order valence-corrected chi connectivity index (χ2v) is 9.23. The number of benzene rings is 2. The highest BCUT2D eigenvalue weighted by molar-refractivity contribution is 5.68. The molecule has 18 heteroatoms. The van der Waals surface area contributed by atoms with E-state index in [-0.39, 0.29) is 11.1 Å². The summed E-state index contributed by atoms with van der Waals surface area (Å²) in [5.41, 5.74) is 4.92. The van der Waals surface area contributed by atoms with E-state index < -0.39 is 74.4 Å². The first kappa shape index (κ1) is 37.5. The van der Waals surface area contributed by atoms with Gasteiger partial charge < -0.3 is 34.7 Å². The summed E-state index contributed by atoms with van der Waals surface area (Å²) in [7, 11) is 0. The topological polar surface area (TPSA) is 101 Å². The molecule has 0 radical (unpaired) electrons. The first-order valence-electron chi connectivity index (χ1n) is 11.9. The maximum Gasteiger partial charge on any atom is 0.573 e. The lowest BCUT2D eigenvalue weighted by molar-refractivity contribution is -0.275. The zero-order valence-corrected chi connectivity index (χ0v) is 22.6. The first-order chi connectivity index (χ1) is 19.6. The number of ether oxygens (including phenoxy) is 5. The molecule has 43 heavy (non-hydrogen) atoms. The molecule has 0 fully saturated rings. The van der Waals surface area contributed by atoms with Crippen molar-refractivity contribution in [3.8, 4) is 11.5 Å². The van der Waals surface area contributed by atoms with Crippen molar-refractivity contribution in [3.05, 3.63) is 59.7 Å². The second-order valence-electron chi connectivity index (χ2n) is 9.23. The molecule has 0 saturated heterocycles. The van der Waals surface area contributed by atoms with Gasteiger partial charge in [-0.1, -0.05) is 24.3 Å². The third-order valence-electron chi connectivity index (χ3n) is 4.50. The van der Waals surface area contributed by atoms with Crippen molar-refractivity contribution in [1.82, 2.24) is 5.32 Å². The molecule has 0 aliphatic rings. The summed E-state index contributed by atoms with van der Waals surface area (Å²) in [5.74, 6) is -1.02. The van der Waals surface area contributed by atoms with Gasteiger partial charge in [-0.25, -0.2) is 4.79 Å². The number of alkyl carbamates (subject to hydrolysis) is 1. The normalized spacial score (nSPS) is 13.6. The predicted octanol–water partition coefficient (Wildman–Crippen LogP) is 7.21. The van der Waals surface area contributed by atoms with E-state index in [4.69, 9.17) is 10.5 Å². The van der Waals surface area contributed by atoms with Crippen LogP contribution in [-0.2, 0) is 14.2 Å². The van der Waals surface area contributed by atoms with Gasteiger partial charge in [0, 0.05) is 0 Å². The number of amides is 1. The van der Waals surface area contributed by atoms with Gasteiger partial charge in [-0.15, -0.1) is 26.3 Å². The van der Waals surface area contributed by atoms with E-state index in [1.54, 1.807) is 20.8 Å². The lowest BCUT2D eigenvalue weighted by atomic mass is 10.1. The molecule has 2 aromatic rings. The Hall–Kier alpha value is -3.51. The van der Waals surface area contributed by atoms with Gasteiger partial charge in [-0.05, 0) is 56.2 Å². The maximum absolute atomic E-state index is 12.3. The fourth-order valence-electron chi connectivity index (χ4n) is 2.98. The van der Waals surface area contributed by atoms with Crippen LogP contribution in [0.25, 0.3) is 0 Å². The molecule has 244 valence electrons. The zero-order chi connectivity index (χ0) is 33.0. The molecule has 0 unspecified atom stereocenters. The summed E-state index contributed by atoms with van der Waals surface area (Å²) in [6, 6.07) is 7.20. The lowest BCUT2D eigenvalue weighted by Gasteiger charge is -2.24. The Morgan fingerprint density at radius 2 is 1.21 bits per heavy atom. The molecule has 1 amide bonds. The van der Waals surface area contributed by atoms with Crippen molar-refractivity contribution >= 4 is 6.09 Å². The van der Waals surface area contributed by atoms with Crippen LogP contribution in [0.1, 0.15) is 44.0 Å². The molecule has 2 aromatic carbocycles. The summed E-state index contributed by atoms with van der Waals surface area (Å²) < 4.78 is 141. The Bertz CT molecular complexity index is 1130. The molecular weight excluding hydrogens is 614 g/mol. The number of halogens is 10. The van der Waals surface area contributed by atoms with Crippen molar-refractivity contribution in [2.75, 3.05) is 13.2 Å². The smallest absolute Gasteiger partial charge is 0.444 e. The largest absolute Gasteiger partial charge is 0.573 e. The quantitative estimate of drug-likeness (QED) is 0.250. The Labute approximate surface area is 239 Å². The Morgan fingerprint density at radius 3 is 1.65 bits per heavy atom. The highest BCUT2D eigenvalue weighted by atomic mass is 19.4. The first-order valence-corrected chi connectivity index (χ1v) is 11.9. The number of hydrogen-bond donors (Lipinski definition) is 2. The van der Waals surface area contributed by atoms with E-state index in [9.17, 15) is 48.7 Å². The summed E-state index contributed by atoms with van der Waals surface area (Å²) in [4.78, 5) is 11.8. The van der Waals surface area contributed by atoms with E-state index in [1.165, 1.54) is 24.3 Å². The van der Waals surface area contributed by atoms with Gasteiger partial charge >= 0.3 is 32.0 Å². The fourth-order valence-corrected chi connectivity index (χ4v) is 2.98. The van der Waals surface area contributed by atoms with Crippen molar-refractivity contribution < 1.29 is 72.4 Å². The Balaban J connectivity index is 0.000000453. The number of nitrogens with one attached hydrogen (secondary N) is 1. The summed E-state index contributed by atoms with van der Waals surface area (Å²) in [5, 5.41) is 2.28. The van der Waals surface area contributed by atoms with Crippen LogP contribution in [-0.4, -0.2) is 50.9 Å². The van der Waals surface area contributed by atoms with Crippen LogP contribution in [0.15, 0.2) is 48.5 Å². The minimum absolute atomic E-state index is 0.0771. The Morgan fingerprint density at radius 1 is 0.767 bits per heavy atom. The number of hydrogen-bond acceptors (Lipinski definition) is 7. The molecule has 0 aliphatic heterocycles. The van der Waals surface area contributed by atoms with Gasteiger partial charge in [0.15, 0.2) is 0 Å². The second kappa shape index (κ2) is 16.4. The van der Waals surface area contributed by atoms with Crippen molar-refractivity contribution in [1.29, 1.82) is 0 Å². The monoisotopic (exact) mass is 642 g/mol. The highest BCUT2D eigenvalue weighted by Crippen LogP contribution is 2.27. The molecule has 2 rings (SSSR count). The van der Waals surface area contributed by atoms with E-state index >= 15 is 0 Å². The molecule has 0 spiro atoms. The van der Waals surface area contributed by atoms with Gasteiger partial charge in [0.1, 0.15) is 17.1 Å².